The molecule has 0 aromatic carbocycles. The molecule has 100 valence electrons. The van der Waals surface area contributed by atoms with Crippen LogP contribution in [-0.2, 0) is 19.2 Å². The van der Waals surface area contributed by atoms with Gasteiger partial charge in [0, 0.05) is 0 Å². The van der Waals surface area contributed by atoms with Crippen LogP contribution in [0.25, 0.3) is 0 Å². The Morgan fingerprint density at radius 2 is 1.05 bits per heavy atom. The molecule has 0 saturated carbocycles. The first kappa shape index (κ1) is 23.3. The van der Waals surface area contributed by atoms with Crippen molar-refractivity contribution in [2.24, 2.45) is 0 Å². The molecule has 0 heterocycles. The molecule has 0 bridgehead atoms. The summed E-state index contributed by atoms with van der Waals surface area (Å²) in [5.74, 6) is -4.30. The van der Waals surface area contributed by atoms with Gasteiger partial charge in [-0.25, -0.2) is 0 Å². The number of carboxylic acid groups (broad SMARTS) is 2. The number of allylic oxidation sites excluding steroid dienone is 2. The van der Waals surface area contributed by atoms with Gasteiger partial charge in [-0.3, -0.25) is 9.59 Å². The second-order valence-corrected chi connectivity index (χ2v) is 3.69. The number of rotatable bonds is 6. The van der Waals surface area contributed by atoms with Gasteiger partial charge >= 0.3 is 23.1 Å². The average molecular weight is 315 g/mol. The van der Waals surface area contributed by atoms with E-state index < -0.39 is 34.0 Å². The van der Waals surface area contributed by atoms with Crippen molar-refractivity contribution in [1.29, 1.82) is 0 Å². The number of hydrogen-bond acceptors (Lipinski definition) is 8. The van der Waals surface area contributed by atoms with Crippen LogP contribution in [0.15, 0.2) is 25.3 Å². The van der Waals surface area contributed by atoms with Gasteiger partial charge in [0.05, 0.1) is 11.9 Å². The quantitative estimate of drug-likeness (QED) is 0.237. The summed E-state index contributed by atoms with van der Waals surface area (Å²) in [6, 6.07) is 0. The molecule has 0 radical (unpaired) electrons. The van der Waals surface area contributed by atoms with Gasteiger partial charge in [0.1, 0.15) is 10.5 Å². The Bertz CT molecular complexity index is 346. The maximum Gasteiger partial charge on any atom is 2.00 e. The molecule has 0 aliphatic rings. The minimum atomic E-state index is -1.50. The van der Waals surface area contributed by atoms with Crippen molar-refractivity contribution < 1.29 is 29.4 Å². The average Bonchev–Trinajstić information content (AvgIpc) is 2.35. The number of carbonyl (C=O) groups excluding carboxylic acids is 4. The van der Waals surface area contributed by atoms with Crippen LogP contribution in [0.5, 0.6) is 0 Å². The second-order valence-electron chi connectivity index (χ2n) is 2.66. The van der Waals surface area contributed by atoms with E-state index in [-0.39, 0.29) is 23.1 Å². The number of hydrogen-bond donors (Lipinski definition) is 2. The molecule has 0 aliphatic carbocycles. The second kappa shape index (κ2) is 12.3. The number of carbonyl (C=O) groups is 4. The molecule has 0 aromatic heterocycles. The van der Waals surface area contributed by atoms with Crippen LogP contribution < -0.4 is 10.2 Å². The van der Waals surface area contributed by atoms with E-state index in [0.29, 0.717) is 0 Å². The summed E-state index contributed by atoms with van der Waals surface area (Å²) in [7, 11) is 0. The fourth-order valence-electron chi connectivity index (χ4n) is 0.456. The topological polar surface area (TPSA) is 114 Å². The Balaban J connectivity index is -0.000000256. The first-order valence-corrected chi connectivity index (χ1v) is 5.32. The molecule has 0 aromatic rings. The Morgan fingerprint density at radius 3 is 1.11 bits per heavy atom. The monoisotopic (exact) mass is 314 g/mol. The maximum absolute atomic E-state index is 10.3. The standard InChI is InChI=1S/2C5H6O3S.Mg/c2*1-2-3(6)4(9)5(7)8;/h2*2,4,9H,1H2,(H,7,8);/q;;+2/p-2. The smallest absolute Gasteiger partial charge is 0.548 e. The summed E-state index contributed by atoms with van der Waals surface area (Å²) in [5, 5.41) is 16.9. The van der Waals surface area contributed by atoms with Crippen LogP contribution in [0.3, 0.4) is 0 Å². The molecule has 0 spiro atoms. The van der Waals surface area contributed by atoms with Crippen molar-refractivity contribution in [2.75, 3.05) is 0 Å². The van der Waals surface area contributed by atoms with Crippen LogP contribution >= 0.6 is 25.3 Å². The van der Waals surface area contributed by atoms with Crippen molar-refractivity contribution >= 4 is 71.8 Å². The van der Waals surface area contributed by atoms with Gasteiger partial charge in [0.2, 0.25) is 0 Å². The van der Waals surface area contributed by atoms with Gasteiger partial charge in [0.15, 0.2) is 11.6 Å². The molecule has 2 unspecified atom stereocenters. The predicted octanol–water partition coefficient (Wildman–Crippen LogP) is -2.80. The fraction of sp³-hybridized carbons (Fsp3) is 0.200. The van der Waals surface area contributed by atoms with Gasteiger partial charge in [-0.1, -0.05) is 13.2 Å². The summed E-state index contributed by atoms with van der Waals surface area (Å²) >= 11 is 6.83. The minimum Gasteiger partial charge on any atom is -0.548 e. The summed E-state index contributed by atoms with van der Waals surface area (Å²) in [5.41, 5.74) is 0. The zero-order chi connectivity index (χ0) is 14.9. The zero-order valence-corrected chi connectivity index (χ0v) is 13.0. The first-order chi connectivity index (χ1) is 8.18. The SMILES string of the molecule is C=CC(=O)C(S)C(=O)[O-].C=CC(=O)C(S)C(=O)[O-].[Mg+2]. The van der Waals surface area contributed by atoms with Crippen LogP contribution in [0.2, 0.25) is 0 Å². The molecular weight excluding hydrogens is 305 g/mol. The minimum absolute atomic E-state index is 0. The summed E-state index contributed by atoms with van der Waals surface area (Å²) in [6.45, 7) is 6.15. The van der Waals surface area contributed by atoms with E-state index in [2.05, 4.69) is 38.4 Å². The summed E-state index contributed by atoms with van der Waals surface area (Å²) in [6.07, 6.45) is 1.79. The molecule has 0 amide bonds. The van der Waals surface area contributed by atoms with Gasteiger partial charge in [0.25, 0.3) is 0 Å². The molecule has 0 N–H and O–H groups in total. The molecule has 0 rings (SSSR count). The third kappa shape index (κ3) is 10.8. The van der Waals surface area contributed by atoms with Crippen LogP contribution in [0.1, 0.15) is 0 Å². The molecule has 0 aliphatic heterocycles. The number of aliphatic carboxylic acids is 2. The van der Waals surface area contributed by atoms with Crippen molar-refractivity contribution in [2.45, 2.75) is 10.5 Å². The first-order valence-electron chi connectivity index (χ1n) is 4.29. The Hall–Kier alpha value is -0.774. The Labute approximate surface area is 136 Å². The predicted molar refractivity (Wildman–Crippen MR) is 71.7 cm³/mol. The molecule has 19 heavy (non-hydrogen) atoms. The molecule has 6 nitrogen and oxygen atoms in total. The van der Waals surface area contributed by atoms with E-state index in [1.165, 1.54) is 0 Å². The van der Waals surface area contributed by atoms with E-state index in [1.54, 1.807) is 0 Å². The van der Waals surface area contributed by atoms with E-state index in [0.717, 1.165) is 12.2 Å². The molecule has 0 fully saturated rings. The number of thiol groups is 2. The van der Waals surface area contributed by atoms with E-state index in [4.69, 9.17) is 0 Å². The van der Waals surface area contributed by atoms with Crippen LogP contribution in [0.4, 0.5) is 0 Å². The normalized spacial score (nSPS) is 11.5. The third-order valence-electron chi connectivity index (χ3n) is 1.39. The van der Waals surface area contributed by atoms with E-state index >= 15 is 0 Å². The Kier molecular flexibility index (Phi) is 15.1. The van der Waals surface area contributed by atoms with Gasteiger partial charge in [-0.15, -0.1) is 0 Å². The van der Waals surface area contributed by atoms with E-state index in [9.17, 15) is 29.4 Å². The largest absolute Gasteiger partial charge is 2.00 e. The zero-order valence-electron chi connectivity index (χ0n) is 9.77. The van der Waals surface area contributed by atoms with Crippen molar-refractivity contribution in [1.82, 2.24) is 0 Å². The molecule has 2 atom stereocenters. The Morgan fingerprint density at radius 1 is 0.842 bits per heavy atom. The van der Waals surface area contributed by atoms with Crippen LogP contribution in [0, 0.1) is 0 Å². The number of carboxylic acids is 2. The van der Waals surface area contributed by atoms with Gasteiger partial charge in [-0.05, 0) is 12.2 Å². The molecule has 9 heteroatoms. The van der Waals surface area contributed by atoms with Gasteiger partial charge in [-0.2, -0.15) is 25.3 Å². The van der Waals surface area contributed by atoms with Crippen molar-refractivity contribution in [3.63, 3.8) is 0 Å². The molecule has 0 saturated heterocycles. The molecular formula is C10H10MgO6S2. The van der Waals surface area contributed by atoms with Crippen molar-refractivity contribution in [3.05, 3.63) is 25.3 Å². The van der Waals surface area contributed by atoms with E-state index in [1.807, 2.05) is 0 Å². The summed E-state index contributed by atoms with van der Waals surface area (Å²) < 4.78 is 0. The fourth-order valence-corrected chi connectivity index (χ4v) is 0.666. The van der Waals surface area contributed by atoms with Crippen LogP contribution in [-0.4, -0.2) is 57.1 Å². The van der Waals surface area contributed by atoms with Crippen molar-refractivity contribution in [3.8, 4) is 0 Å². The third-order valence-corrected chi connectivity index (χ3v) is 2.32. The summed E-state index contributed by atoms with van der Waals surface area (Å²) in [4.78, 5) is 40.4. The number of ketones is 2. The van der Waals surface area contributed by atoms with Gasteiger partial charge < -0.3 is 19.8 Å². The maximum atomic E-state index is 10.3.